The van der Waals surface area contributed by atoms with Crippen molar-refractivity contribution >= 4 is 0 Å². The van der Waals surface area contributed by atoms with E-state index in [-0.39, 0.29) is 18.6 Å². The van der Waals surface area contributed by atoms with Crippen LogP contribution in [0.15, 0.2) is 24.3 Å². The summed E-state index contributed by atoms with van der Waals surface area (Å²) in [5.41, 5.74) is -0.0428. The van der Waals surface area contributed by atoms with E-state index < -0.39 is 11.7 Å². The van der Waals surface area contributed by atoms with Gasteiger partial charge < -0.3 is 10.4 Å². The number of aliphatic hydroxyl groups is 1. The van der Waals surface area contributed by atoms with E-state index in [1.54, 1.807) is 13.0 Å². The monoisotopic (exact) mass is 261 g/mol. The van der Waals surface area contributed by atoms with Crippen LogP contribution in [0.5, 0.6) is 0 Å². The first-order chi connectivity index (χ1) is 8.34. The zero-order valence-corrected chi connectivity index (χ0v) is 10.5. The summed E-state index contributed by atoms with van der Waals surface area (Å²) in [4.78, 5) is 0. The van der Waals surface area contributed by atoms with Crippen molar-refractivity contribution in [2.75, 3.05) is 13.2 Å². The Balaban J connectivity index is 2.71. The highest BCUT2D eigenvalue weighted by molar-refractivity contribution is 5.27. The maximum Gasteiger partial charge on any atom is 0.416 e. The van der Waals surface area contributed by atoms with Crippen molar-refractivity contribution < 1.29 is 18.3 Å². The Morgan fingerprint density at radius 3 is 2.50 bits per heavy atom. The summed E-state index contributed by atoms with van der Waals surface area (Å²) < 4.78 is 37.6. The average molecular weight is 261 g/mol. The average Bonchev–Trinajstić information content (AvgIpc) is 2.34. The fraction of sp³-hybridized carbons (Fsp3) is 0.538. The zero-order valence-electron chi connectivity index (χ0n) is 10.5. The van der Waals surface area contributed by atoms with Gasteiger partial charge in [0.1, 0.15) is 0 Å². The largest absolute Gasteiger partial charge is 0.416 e. The molecule has 2 unspecified atom stereocenters. The second kappa shape index (κ2) is 6.20. The molecule has 0 amide bonds. The van der Waals surface area contributed by atoms with Crippen molar-refractivity contribution in [3.05, 3.63) is 35.4 Å². The molecule has 1 aromatic rings. The maximum atomic E-state index is 12.5. The molecule has 0 radical (unpaired) electrons. The lowest BCUT2D eigenvalue weighted by Gasteiger charge is -2.18. The minimum atomic E-state index is -4.31. The van der Waals surface area contributed by atoms with Crippen LogP contribution < -0.4 is 5.32 Å². The number of nitrogens with one attached hydrogen (secondary N) is 1. The van der Waals surface area contributed by atoms with E-state index in [4.69, 9.17) is 5.11 Å². The molecule has 2 N–H and O–H groups in total. The fourth-order valence-electron chi connectivity index (χ4n) is 1.54. The number of hydrogen-bond acceptors (Lipinski definition) is 2. The van der Waals surface area contributed by atoms with Gasteiger partial charge in [-0.15, -0.1) is 0 Å². The number of rotatable bonds is 5. The summed E-state index contributed by atoms with van der Waals surface area (Å²) in [6.45, 7) is 4.29. The molecule has 0 aliphatic rings. The molecular weight excluding hydrogens is 243 g/mol. The van der Waals surface area contributed by atoms with Crippen molar-refractivity contribution in [2.45, 2.75) is 26.1 Å². The van der Waals surface area contributed by atoms with Crippen molar-refractivity contribution in [1.82, 2.24) is 5.32 Å². The molecule has 1 rings (SSSR count). The van der Waals surface area contributed by atoms with Gasteiger partial charge in [0, 0.05) is 19.2 Å². The SMILES string of the molecule is CC(CO)CNC(C)c1cccc(C(F)(F)F)c1. The van der Waals surface area contributed by atoms with Crippen LogP contribution in [0.4, 0.5) is 13.2 Å². The first-order valence-electron chi connectivity index (χ1n) is 5.86. The van der Waals surface area contributed by atoms with E-state index in [1.807, 2.05) is 6.92 Å². The Hall–Kier alpha value is -1.07. The molecule has 0 aromatic heterocycles. The topological polar surface area (TPSA) is 32.3 Å². The highest BCUT2D eigenvalue weighted by Gasteiger charge is 2.30. The summed E-state index contributed by atoms with van der Waals surface area (Å²) in [7, 11) is 0. The van der Waals surface area contributed by atoms with Gasteiger partial charge in [-0.1, -0.05) is 19.1 Å². The van der Waals surface area contributed by atoms with Crippen LogP contribution in [0.1, 0.15) is 31.0 Å². The first-order valence-corrected chi connectivity index (χ1v) is 5.86. The van der Waals surface area contributed by atoms with Crippen LogP contribution in [0.2, 0.25) is 0 Å². The second-order valence-corrected chi connectivity index (χ2v) is 4.54. The molecule has 0 saturated heterocycles. The number of alkyl halides is 3. The predicted octanol–water partition coefficient (Wildman–Crippen LogP) is 2.98. The van der Waals surface area contributed by atoms with Crippen molar-refractivity contribution in [1.29, 1.82) is 0 Å². The van der Waals surface area contributed by atoms with Crippen LogP contribution >= 0.6 is 0 Å². The molecule has 0 aliphatic carbocycles. The molecule has 102 valence electrons. The van der Waals surface area contributed by atoms with Gasteiger partial charge in [-0.3, -0.25) is 0 Å². The van der Waals surface area contributed by atoms with Crippen LogP contribution in [-0.2, 0) is 6.18 Å². The van der Waals surface area contributed by atoms with Gasteiger partial charge in [-0.05, 0) is 30.5 Å². The summed E-state index contributed by atoms with van der Waals surface area (Å²) in [5, 5.41) is 12.0. The molecule has 2 nitrogen and oxygen atoms in total. The Morgan fingerprint density at radius 2 is 1.94 bits per heavy atom. The summed E-state index contributed by atoms with van der Waals surface area (Å²) >= 11 is 0. The number of hydrogen-bond donors (Lipinski definition) is 2. The normalized spacial score (nSPS) is 15.4. The predicted molar refractivity (Wildman–Crippen MR) is 64.1 cm³/mol. The lowest BCUT2D eigenvalue weighted by molar-refractivity contribution is -0.137. The van der Waals surface area contributed by atoms with Gasteiger partial charge in [0.15, 0.2) is 0 Å². The molecule has 2 atom stereocenters. The van der Waals surface area contributed by atoms with Gasteiger partial charge in [-0.25, -0.2) is 0 Å². The Morgan fingerprint density at radius 1 is 1.28 bits per heavy atom. The molecule has 0 spiro atoms. The van der Waals surface area contributed by atoms with E-state index in [0.29, 0.717) is 12.1 Å². The molecule has 5 heteroatoms. The molecule has 0 aliphatic heterocycles. The van der Waals surface area contributed by atoms with Crippen LogP contribution in [0.3, 0.4) is 0 Å². The first kappa shape index (κ1) is 15.0. The van der Waals surface area contributed by atoms with E-state index in [0.717, 1.165) is 12.1 Å². The van der Waals surface area contributed by atoms with Gasteiger partial charge in [-0.2, -0.15) is 13.2 Å². The number of benzene rings is 1. The van der Waals surface area contributed by atoms with Crippen LogP contribution in [0.25, 0.3) is 0 Å². The molecule has 0 saturated carbocycles. The molecule has 18 heavy (non-hydrogen) atoms. The van der Waals surface area contributed by atoms with Crippen molar-refractivity contribution in [3.8, 4) is 0 Å². The van der Waals surface area contributed by atoms with Crippen LogP contribution in [-0.4, -0.2) is 18.3 Å². The van der Waals surface area contributed by atoms with Gasteiger partial charge in [0.25, 0.3) is 0 Å². The highest BCUT2D eigenvalue weighted by Crippen LogP contribution is 2.30. The maximum absolute atomic E-state index is 12.5. The third kappa shape index (κ3) is 4.31. The molecule has 0 heterocycles. The van der Waals surface area contributed by atoms with Gasteiger partial charge in [0.05, 0.1) is 5.56 Å². The summed E-state index contributed by atoms with van der Waals surface area (Å²) in [5.74, 6) is 0.0817. The van der Waals surface area contributed by atoms with Crippen LogP contribution in [0, 0.1) is 5.92 Å². The molecule has 0 bridgehead atoms. The molecular formula is C13H18F3NO. The lowest BCUT2D eigenvalue weighted by Crippen LogP contribution is -2.26. The van der Waals surface area contributed by atoms with Gasteiger partial charge >= 0.3 is 6.18 Å². The minimum Gasteiger partial charge on any atom is -0.396 e. The third-order valence-electron chi connectivity index (χ3n) is 2.80. The Kier molecular flexibility index (Phi) is 5.16. The zero-order chi connectivity index (χ0) is 13.8. The number of aliphatic hydroxyl groups excluding tert-OH is 1. The third-order valence-corrected chi connectivity index (χ3v) is 2.80. The van der Waals surface area contributed by atoms with E-state index >= 15 is 0 Å². The van der Waals surface area contributed by atoms with Crippen molar-refractivity contribution in [2.24, 2.45) is 5.92 Å². The summed E-state index contributed by atoms with van der Waals surface area (Å²) in [6, 6.07) is 5.11. The van der Waals surface area contributed by atoms with Crippen molar-refractivity contribution in [3.63, 3.8) is 0 Å². The van der Waals surface area contributed by atoms with E-state index in [1.165, 1.54) is 6.07 Å². The minimum absolute atomic E-state index is 0.0578. The smallest absolute Gasteiger partial charge is 0.396 e. The lowest BCUT2D eigenvalue weighted by atomic mass is 10.0. The Bertz CT molecular complexity index is 379. The second-order valence-electron chi connectivity index (χ2n) is 4.54. The molecule has 1 aromatic carbocycles. The summed E-state index contributed by atoms with van der Waals surface area (Å²) in [6.07, 6.45) is -4.31. The fourth-order valence-corrected chi connectivity index (χ4v) is 1.54. The number of halogens is 3. The Labute approximate surface area is 105 Å². The van der Waals surface area contributed by atoms with Gasteiger partial charge in [0.2, 0.25) is 0 Å². The highest BCUT2D eigenvalue weighted by atomic mass is 19.4. The standard InChI is InChI=1S/C13H18F3NO/c1-9(8-18)7-17-10(2)11-4-3-5-12(6-11)13(14,15)16/h3-6,9-10,17-18H,7-8H2,1-2H3. The van der Waals surface area contributed by atoms with E-state index in [2.05, 4.69) is 5.32 Å². The van der Waals surface area contributed by atoms with E-state index in [9.17, 15) is 13.2 Å². The molecule has 0 fully saturated rings. The quantitative estimate of drug-likeness (QED) is 0.854.